The van der Waals surface area contributed by atoms with Crippen LogP contribution in [0.4, 0.5) is 11.5 Å². The molecule has 1 unspecified atom stereocenters. The summed E-state index contributed by atoms with van der Waals surface area (Å²) in [5.41, 5.74) is 7.55. The SMILES string of the molecule is COCC(C)N(C)c1nc(C)ccc1N. The molecule has 1 aromatic rings. The Labute approximate surface area is 91.1 Å². The Bertz CT molecular complexity index is 328. The van der Waals surface area contributed by atoms with Crippen molar-refractivity contribution in [1.82, 2.24) is 4.98 Å². The summed E-state index contributed by atoms with van der Waals surface area (Å²) >= 11 is 0. The molecule has 15 heavy (non-hydrogen) atoms. The molecule has 0 spiro atoms. The van der Waals surface area contributed by atoms with Crippen molar-refractivity contribution in [2.24, 2.45) is 0 Å². The molecule has 0 aliphatic carbocycles. The minimum absolute atomic E-state index is 0.256. The minimum atomic E-state index is 0.256. The van der Waals surface area contributed by atoms with Gasteiger partial charge in [-0.15, -0.1) is 0 Å². The Morgan fingerprint density at radius 3 is 2.80 bits per heavy atom. The largest absolute Gasteiger partial charge is 0.396 e. The van der Waals surface area contributed by atoms with E-state index in [0.717, 1.165) is 11.5 Å². The predicted octanol–water partition coefficient (Wildman–Crippen LogP) is 1.44. The second-order valence-corrected chi connectivity index (χ2v) is 3.78. The standard InChI is InChI=1S/C11H19N3O/c1-8-5-6-10(12)11(13-8)14(3)9(2)7-15-4/h5-6,9H,7,12H2,1-4H3. The lowest BCUT2D eigenvalue weighted by atomic mass is 10.2. The number of likely N-dealkylation sites (N-methyl/N-ethyl adjacent to an activating group) is 1. The van der Waals surface area contributed by atoms with Crippen LogP contribution in [0.25, 0.3) is 0 Å². The number of methoxy groups -OCH3 is 1. The van der Waals surface area contributed by atoms with Gasteiger partial charge in [0.15, 0.2) is 5.82 Å². The van der Waals surface area contributed by atoms with Gasteiger partial charge in [0.05, 0.1) is 18.3 Å². The number of aromatic nitrogens is 1. The monoisotopic (exact) mass is 209 g/mol. The van der Waals surface area contributed by atoms with Crippen molar-refractivity contribution in [3.63, 3.8) is 0 Å². The van der Waals surface area contributed by atoms with Crippen molar-refractivity contribution in [3.8, 4) is 0 Å². The van der Waals surface area contributed by atoms with Crippen molar-refractivity contribution in [1.29, 1.82) is 0 Å². The van der Waals surface area contributed by atoms with Crippen molar-refractivity contribution in [2.75, 3.05) is 31.4 Å². The molecule has 0 aliphatic heterocycles. The smallest absolute Gasteiger partial charge is 0.152 e. The van der Waals surface area contributed by atoms with Crippen molar-refractivity contribution >= 4 is 11.5 Å². The van der Waals surface area contributed by atoms with E-state index in [-0.39, 0.29) is 6.04 Å². The summed E-state index contributed by atoms with van der Waals surface area (Å²) in [6.45, 7) is 4.69. The molecule has 1 heterocycles. The molecule has 84 valence electrons. The Morgan fingerprint density at radius 1 is 1.53 bits per heavy atom. The van der Waals surface area contributed by atoms with E-state index in [1.165, 1.54) is 0 Å². The van der Waals surface area contributed by atoms with E-state index in [0.29, 0.717) is 12.3 Å². The summed E-state index contributed by atoms with van der Waals surface area (Å²) in [5.74, 6) is 0.819. The van der Waals surface area contributed by atoms with Crippen LogP contribution in [-0.4, -0.2) is 31.8 Å². The van der Waals surface area contributed by atoms with Gasteiger partial charge in [-0.25, -0.2) is 4.98 Å². The van der Waals surface area contributed by atoms with Gasteiger partial charge in [-0.1, -0.05) is 0 Å². The predicted molar refractivity (Wildman–Crippen MR) is 63.1 cm³/mol. The number of hydrogen-bond donors (Lipinski definition) is 1. The zero-order chi connectivity index (χ0) is 11.4. The fourth-order valence-corrected chi connectivity index (χ4v) is 1.40. The van der Waals surface area contributed by atoms with Gasteiger partial charge in [-0.3, -0.25) is 0 Å². The molecule has 4 heteroatoms. The summed E-state index contributed by atoms with van der Waals surface area (Å²) in [6.07, 6.45) is 0. The fraction of sp³-hybridized carbons (Fsp3) is 0.545. The first-order valence-corrected chi connectivity index (χ1v) is 5.01. The van der Waals surface area contributed by atoms with Crippen LogP contribution >= 0.6 is 0 Å². The van der Waals surface area contributed by atoms with E-state index >= 15 is 0 Å². The molecular weight excluding hydrogens is 190 g/mol. The zero-order valence-corrected chi connectivity index (χ0v) is 9.82. The second-order valence-electron chi connectivity index (χ2n) is 3.78. The highest BCUT2D eigenvalue weighted by Crippen LogP contribution is 2.21. The molecule has 0 aromatic carbocycles. The van der Waals surface area contributed by atoms with Crippen LogP contribution in [0.2, 0.25) is 0 Å². The van der Waals surface area contributed by atoms with Gasteiger partial charge < -0.3 is 15.4 Å². The van der Waals surface area contributed by atoms with Crippen molar-refractivity contribution in [3.05, 3.63) is 17.8 Å². The first kappa shape index (κ1) is 11.8. The molecule has 0 aliphatic rings. The molecular formula is C11H19N3O. The maximum atomic E-state index is 5.88. The van der Waals surface area contributed by atoms with Gasteiger partial charge in [-0.2, -0.15) is 0 Å². The maximum absolute atomic E-state index is 5.88. The average molecular weight is 209 g/mol. The highest BCUT2D eigenvalue weighted by Gasteiger charge is 2.13. The van der Waals surface area contributed by atoms with Crippen LogP contribution in [-0.2, 0) is 4.74 Å². The van der Waals surface area contributed by atoms with Gasteiger partial charge >= 0.3 is 0 Å². The van der Waals surface area contributed by atoms with E-state index in [9.17, 15) is 0 Å². The Morgan fingerprint density at radius 2 is 2.20 bits per heavy atom. The third kappa shape index (κ3) is 2.83. The molecule has 0 fully saturated rings. The number of nitrogens with two attached hydrogens (primary N) is 1. The van der Waals surface area contributed by atoms with Crippen LogP contribution in [0.5, 0.6) is 0 Å². The summed E-state index contributed by atoms with van der Waals surface area (Å²) < 4.78 is 5.11. The van der Waals surface area contributed by atoms with Crippen LogP contribution in [0.15, 0.2) is 12.1 Å². The quantitative estimate of drug-likeness (QED) is 0.815. The number of anilines is 2. The zero-order valence-electron chi connectivity index (χ0n) is 9.82. The summed E-state index contributed by atoms with van der Waals surface area (Å²) in [4.78, 5) is 6.45. The lowest BCUT2D eigenvalue weighted by Crippen LogP contribution is -2.33. The molecule has 4 nitrogen and oxygen atoms in total. The molecule has 0 radical (unpaired) electrons. The third-order valence-electron chi connectivity index (χ3n) is 2.45. The second kappa shape index (κ2) is 4.98. The fourth-order valence-electron chi connectivity index (χ4n) is 1.40. The number of nitrogen functional groups attached to an aromatic ring is 1. The molecule has 0 saturated heterocycles. The molecule has 2 N–H and O–H groups in total. The molecule has 1 rings (SSSR count). The van der Waals surface area contributed by atoms with E-state index in [1.54, 1.807) is 7.11 Å². The lowest BCUT2D eigenvalue weighted by molar-refractivity contribution is 0.183. The van der Waals surface area contributed by atoms with Crippen molar-refractivity contribution in [2.45, 2.75) is 19.9 Å². The summed E-state index contributed by atoms with van der Waals surface area (Å²) in [6, 6.07) is 4.05. The van der Waals surface area contributed by atoms with Gasteiger partial charge in [0.1, 0.15) is 0 Å². The van der Waals surface area contributed by atoms with E-state index in [4.69, 9.17) is 10.5 Å². The van der Waals surface area contributed by atoms with Crippen molar-refractivity contribution < 1.29 is 4.74 Å². The highest BCUT2D eigenvalue weighted by atomic mass is 16.5. The summed E-state index contributed by atoms with van der Waals surface area (Å²) in [7, 11) is 3.67. The molecule has 0 bridgehead atoms. The average Bonchev–Trinajstić information content (AvgIpc) is 2.21. The summed E-state index contributed by atoms with van der Waals surface area (Å²) in [5, 5.41) is 0. The van der Waals surface area contributed by atoms with E-state index in [2.05, 4.69) is 11.9 Å². The molecule has 1 aromatic heterocycles. The first-order chi connectivity index (χ1) is 7.06. The number of ether oxygens (including phenoxy) is 1. The maximum Gasteiger partial charge on any atom is 0.152 e. The molecule has 1 atom stereocenters. The highest BCUT2D eigenvalue weighted by molar-refractivity contribution is 5.62. The number of pyridine rings is 1. The topological polar surface area (TPSA) is 51.4 Å². The van der Waals surface area contributed by atoms with E-state index in [1.807, 2.05) is 31.0 Å². The van der Waals surface area contributed by atoms with E-state index < -0.39 is 0 Å². The van der Waals surface area contributed by atoms with Crippen LogP contribution < -0.4 is 10.6 Å². The number of nitrogens with zero attached hydrogens (tertiary/aromatic N) is 2. The Kier molecular flexibility index (Phi) is 3.91. The number of rotatable bonds is 4. The normalized spacial score (nSPS) is 12.5. The van der Waals surface area contributed by atoms with Gasteiger partial charge in [-0.05, 0) is 26.0 Å². The molecule has 0 saturated carbocycles. The van der Waals surface area contributed by atoms with Gasteiger partial charge in [0.25, 0.3) is 0 Å². The van der Waals surface area contributed by atoms with Crippen LogP contribution in [0.3, 0.4) is 0 Å². The minimum Gasteiger partial charge on any atom is -0.396 e. The van der Waals surface area contributed by atoms with Crippen LogP contribution in [0, 0.1) is 6.92 Å². The Hall–Kier alpha value is -1.29. The van der Waals surface area contributed by atoms with Gasteiger partial charge in [0.2, 0.25) is 0 Å². The lowest BCUT2D eigenvalue weighted by Gasteiger charge is -2.26. The molecule has 0 amide bonds. The number of hydrogen-bond acceptors (Lipinski definition) is 4. The van der Waals surface area contributed by atoms with Crippen LogP contribution in [0.1, 0.15) is 12.6 Å². The first-order valence-electron chi connectivity index (χ1n) is 5.01. The number of aryl methyl sites for hydroxylation is 1. The van der Waals surface area contributed by atoms with Gasteiger partial charge in [0, 0.05) is 19.9 Å². The Balaban J connectivity index is 2.89. The third-order valence-corrected chi connectivity index (χ3v) is 2.45.